The van der Waals surface area contributed by atoms with Gasteiger partial charge < -0.3 is 15.0 Å². The van der Waals surface area contributed by atoms with Crippen LogP contribution in [0.2, 0.25) is 0 Å². The first-order chi connectivity index (χ1) is 15.0. The standard InChI is InChI=1S/C25H27FN2O3/c1-17-2-3-19(15-22(17)26)16-27-25(30)20-8-11-28(12-9-20)24(29)7-5-18-4-6-23-21(14-18)10-13-31-23/h2-7,14-15,20H,8-13,16H2,1H3,(H,27,30)/b7-5+. The number of benzene rings is 2. The third-order valence-electron chi connectivity index (χ3n) is 6.01. The van der Waals surface area contributed by atoms with E-state index in [1.165, 1.54) is 11.6 Å². The van der Waals surface area contributed by atoms with Crippen molar-refractivity contribution in [3.05, 3.63) is 70.5 Å². The van der Waals surface area contributed by atoms with E-state index in [2.05, 4.69) is 11.4 Å². The van der Waals surface area contributed by atoms with Gasteiger partial charge in [-0.1, -0.05) is 18.2 Å². The Balaban J connectivity index is 1.24. The summed E-state index contributed by atoms with van der Waals surface area (Å²) in [6, 6.07) is 10.9. The third-order valence-corrected chi connectivity index (χ3v) is 6.01. The van der Waals surface area contributed by atoms with Gasteiger partial charge in [-0.15, -0.1) is 0 Å². The normalized spacial score (nSPS) is 16.3. The quantitative estimate of drug-likeness (QED) is 0.749. The number of piperidine rings is 1. The van der Waals surface area contributed by atoms with Crippen LogP contribution in [0.4, 0.5) is 4.39 Å². The summed E-state index contributed by atoms with van der Waals surface area (Å²) >= 11 is 0. The van der Waals surface area contributed by atoms with E-state index in [0.29, 0.717) is 44.6 Å². The van der Waals surface area contributed by atoms with E-state index in [1.54, 1.807) is 24.0 Å². The van der Waals surface area contributed by atoms with Gasteiger partial charge in [-0.25, -0.2) is 4.39 Å². The van der Waals surface area contributed by atoms with Crippen molar-refractivity contribution in [2.24, 2.45) is 5.92 Å². The van der Waals surface area contributed by atoms with Crippen molar-refractivity contribution < 1.29 is 18.7 Å². The molecule has 0 spiro atoms. The van der Waals surface area contributed by atoms with E-state index in [-0.39, 0.29) is 23.5 Å². The maximum atomic E-state index is 13.6. The number of carbonyl (C=O) groups excluding carboxylic acids is 2. The zero-order valence-corrected chi connectivity index (χ0v) is 17.7. The summed E-state index contributed by atoms with van der Waals surface area (Å²) in [6.45, 7) is 3.84. The number of carbonyl (C=O) groups is 2. The first kappa shape index (κ1) is 21.1. The van der Waals surface area contributed by atoms with E-state index in [9.17, 15) is 14.0 Å². The van der Waals surface area contributed by atoms with Gasteiger partial charge in [0.1, 0.15) is 11.6 Å². The molecule has 6 heteroatoms. The van der Waals surface area contributed by atoms with Crippen LogP contribution in [0.25, 0.3) is 6.08 Å². The molecule has 0 unspecified atom stereocenters. The molecule has 0 aromatic heterocycles. The number of hydrogen-bond donors (Lipinski definition) is 1. The zero-order valence-electron chi connectivity index (χ0n) is 17.7. The topological polar surface area (TPSA) is 58.6 Å². The van der Waals surface area contributed by atoms with Gasteiger partial charge in [0.2, 0.25) is 11.8 Å². The molecule has 0 atom stereocenters. The molecule has 2 aromatic carbocycles. The first-order valence-electron chi connectivity index (χ1n) is 10.7. The first-order valence-corrected chi connectivity index (χ1v) is 10.7. The number of nitrogens with one attached hydrogen (secondary N) is 1. The van der Waals surface area contributed by atoms with Gasteiger partial charge in [0.25, 0.3) is 0 Å². The van der Waals surface area contributed by atoms with Crippen molar-refractivity contribution >= 4 is 17.9 Å². The second-order valence-corrected chi connectivity index (χ2v) is 8.20. The Bertz CT molecular complexity index is 1010. The lowest BCUT2D eigenvalue weighted by molar-refractivity contribution is -0.132. The molecule has 0 radical (unpaired) electrons. The van der Waals surface area contributed by atoms with Crippen molar-refractivity contribution in [2.45, 2.75) is 32.7 Å². The van der Waals surface area contributed by atoms with Crippen molar-refractivity contribution in [3.8, 4) is 5.75 Å². The molecule has 1 fully saturated rings. The van der Waals surface area contributed by atoms with Crippen molar-refractivity contribution in [2.75, 3.05) is 19.7 Å². The molecule has 31 heavy (non-hydrogen) atoms. The van der Waals surface area contributed by atoms with Crippen LogP contribution < -0.4 is 10.1 Å². The maximum absolute atomic E-state index is 13.6. The van der Waals surface area contributed by atoms with Crippen LogP contribution in [-0.2, 0) is 22.6 Å². The van der Waals surface area contributed by atoms with E-state index in [4.69, 9.17) is 4.74 Å². The Morgan fingerprint density at radius 3 is 2.77 bits per heavy atom. The van der Waals surface area contributed by atoms with Crippen LogP contribution in [0.15, 0.2) is 42.5 Å². The highest BCUT2D eigenvalue weighted by Gasteiger charge is 2.26. The highest BCUT2D eigenvalue weighted by atomic mass is 19.1. The second-order valence-electron chi connectivity index (χ2n) is 8.20. The zero-order chi connectivity index (χ0) is 21.8. The molecule has 2 aromatic rings. The van der Waals surface area contributed by atoms with Gasteiger partial charge in [0.15, 0.2) is 0 Å². The Morgan fingerprint density at radius 2 is 2.00 bits per heavy atom. The van der Waals surface area contributed by atoms with Crippen LogP contribution >= 0.6 is 0 Å². The molecular weight excluding hydrogens is 395 g/mol. The van der Waals surface area contributed by atoms with E-state index < -0.39 is 0 Å². The van der Waals surface area contributed by atoms with Crippen molar-refractivity contribution in [1.29, 1.82) is 0 Å². The molecule has 1 saturated heterocycles. The van der Waals surface area contributed by atoms with Gasteiger partial charge in [0.05, 0.1) is 6.61 Å². The fourth-order valence-corrected chi connectivity index (χ4v) is 4.02. The third kappa shape index (κ3) is 5.13. The number of nitrogens with zero attached hydrogens (tertiary/aromatic N) is 1. The molecular formula is C25H27FN2O3. The summed E-state index contributed by atoms with van der Waals surface area (Å²) in [4.78, 5) is 26.8. The molecule has 0 aliphatic carbocycles. The SMILES string of the molecule is Cc1ccc(CNC(=O)C2CCN(C(=O)/C=C/c3ccc4c(c3)CCO4)CC2)cc1F. The number of aryl methyl sites for hydroxylation is 1. The molecule has 162 valence electrons. The smallest absolute Gasteiger partial charge is 0.246 e. The largest absolute Gasteiger partial charge is 0.493 e. The van der Waals surface area contributed by atoms with Crippen molar-refractivity contribution in [3.63, 3.8) is 0 Å². The number of amides is 2. The minimum atomic E-state index is -0.264. The number of hydrogen-bond acceptors (Lipinski definition) is 3. The predicted octanol–water partition coefficient (Wildman–Crippen LogP) is 3.64. The van der Waals surface area contributed by atoms with Gasteiger partial charge in [-0.3, -0.25) is 9.59 Å². The molecule has 2 amide bonds. The van der Waals surface area contributed by atoms with Crippen LogP contribution in [0.1, 0.15) is 35.1 Å². The Labute approximate surface area is 181 Å². The summed E-state index contributed by atoms with van der Waals surface area (Å²) in [5, 5.41) is 2.89. The molecule has 2 aliphatic heterocycles. The maximum Gasteiger partial charge on any atom is 0.246 e. The van der Waals surface area contributed by atoms with Crippen LogP contribution in [0, 0.1) is 18.7 Å². The number of rotatable bonds is 5. The predicted molar refractivity (Wildman–Crippen MR) is 117 cm³/mol. The summed E-state index contributed by atoms with van der Waals surface area (Å²) in [5.41, 5.74) is 3.49. The Morgan fingerprint density at radius 1 is 1.19 bits per heavy atom. The Hall–Kier alpha value is -3.15. The average Bonchev–Trinajstić information content (AvgIpc) is 3.26. The lowest BCUT2D eigenvalue weighted by Crippen LogP contribution is -2.42. The number of likely N-dealkylation sites (tertiary alicyclic amines) is 1. The van der Waals surface area contributed by atoms with Gasteiger partial charge in [-0.2, -0.15) is 0 Å². The fraction of sp³-hybridized carbons (Fsp3) is 0.360. The Kier molecular flexibility index (Phi) is 6.35. The lowest BCUT2D eigenvalue weighted by atomic mass is 9.95. The number of fused-ring (bicyclic) bond motifs is 1. The summed E-state index contributed by atoms with van der Waals surface area (Å²) in [6.07, 6.45) is 5.59. The van der Waals surface area contributed by atoms with Gasteiger partial charge in [0, 0.05) is 38.0 Å². The van der Waals surface area contributed by atoms with E-state index >= 15 is 0 Å². The highest BCUT2D eigenvalue weighted by Crippen LogP contribution is 2.26. The molecule has 0 bridgehead atoms. The minimum absolute atomic E-state index is 0.0364. The summed E-state index contributed by atoms with van der Waals surface area (Å²) in [7, 11) is 0. The summed E-state index contributed by atoms with van der Waals surface area (Å²) in [5.74, 6) is 0.464. The fourth-order valence-electron chi connectivity index (χ4n) is 4.02. The molecule has 5 nitrogen and oxygen atoms in total. The van der Waals surface area contributed by atoms with Crippen molar-refractivity contribution in [1.82, 2.24) is 10.2 Å². The second kappa shape index (κ2) is 9.33. The minimum Gasteiger partial charge on any atom is -0.493 e. The highest BCUT2D eigenvalue weighted by molar-refractivity contribution is 5.92. The average molecular weight is 423 g/mol. The molecule has 1 N–H and O–H groups in total. The lowest BCUT2D eigenvalue weighted by Gasteiger charge is -2.30. The van der Waals surface area contributed by atoms with Gasteiger partial charge in [-0.05, 0) is 66.3 Å². The van der Waals surface area contributed by atoms with E-state index in [0.717, 1.165) is 23.3 Å². The number of ether oxygens (including phenoxy) is 1. The van der Waals surface area contributed by atoms with Crippen LogP contribution in [-0.4, -0.2) is 36.4 Å². The summed E-state index contributed by atoms with van der Waals surface area (Å²) < 4.78 is 19.2. The number of halogens is 1. The van der Waals surface area contributed by atoms with Crippen LogP contribution in [0.3, 0.4) is 0 Å². The molecule has 2 heterocycles. The molecule has 0 saturated carbocycles. The van der Waals surface area contributed by atoms with E-state index in [1.807, 2.05) is 24.3 Å². The van der Waals surface area contributed by atoms with Gasteiger partial charge >= 0.3 is 0 Å². The monoisotopic (exact) mass is 422 g/mol. The molecule has 2 aliphatic rings. The van der Waals surface area contributed by atoms with Crippen LogP contribution in [0.5, 0.6) is 5.75 Å². The molecule has 4 rings (SSSR count).